The lowest BCUT2D eigenvalue weighted by atomic mass is 10.1. The van der Waals surface area contributed by atoms with Crippen LogP contribution in [0.2, 0.25) is 0 Å². The first-order valence-electron chi connectivity index (χ1n) is 10.2. The van der Waals surface area contributed by atoms with Crippen LogP contribution in [0.4, 0.5) is 5.95 Å². The Hall–Kier alpha value is -3.53. The van der Waals surface area contributed by atoms with E-state index < -0.39 is 0 Å². The Kier molecular flexibility index (Phi) is 6.37. The van der Waals surface area contributed by atoms with Gasteiger partial charge in [-0.05, 0) is 31.0 Å². The lowest BCUT2D eigenvalue weighted by Gasteiger charge is -2.27. The summed E-state index contributed by atoms with van der Waals surface area (Å²) in [4.78, 5) is 38.1. The van der Waals surface area contributed by atoms with Crippen molar-refractivity contribution < 1.29 is 9.53 Å². The number of aryl methyl sites for hydroxylation is 1. The van der Waals surface area contributed by atoms with Crippen molar-refractivity contribution in [3.63, 3.8) is 0 Å². The van der Waals surface area contributed by atoms with E-state index in [2.05, 4.69) is 25.4 Å². The molecule has 0 atom stereocenters. The maximum absolute atomic E-state index is 12.5. The van der Waals surface area contributed by atoms with Crippen LogP contribution >= 0.6 is 0 Å². The number of anilines is 1. The zero-order valence-electron chi connectivity index (χ0n) is 17.4. The molecule has 2 N–H and O–H groups in total. The maximum atomic E-state index is 12.5. The highest BCUT2D eigenvalue weighted by atomic mass is 16.5. The van der Waals surface area contributed by atoms with Crippen molar-refractivity contribution in [1.82, 2.24) is 30.0 Å². The average Bonchev–Trinajstić information content (AvgIpc) is 3.33. The van der Waals surface area contributed by atoms with Crippen LogP contribution in [0.5, 0.6) is 0 Å². The number of hydrogen-bond acceptors (Lipinski definition) is 7. The molecule has 3 heterocycles. The number of nitrogens with one attached hydrogen (secondary N) is 2. The van der Waals surface area contributed by atoms with Gasteiger partial charge in [-0.3, -0.25) is 14.6 Å². The first-order valence-corrected chi connectivity index (χ1v) is 10.2. The normalized spacial score (nSPS) is 13.9. The number of carbonyl (C=O) groups is 1. The molecule has 0 spiro atoms. The summed E-state index contributed by atoms with van der Waals surface area (Å²) >= 11 is 0. The van der Waals surface area contributed by atoms with Gasteiger partial charge in [0, 0.05) is 37.3 Å². The van der Waals surface area contributed by atoms with Crippen molar-refractivity contribution in [3.05, 3.63) is 64.1 Å². The fraction of sp³-hybridized carbons (Fsp3) is 0.381. The number of aromatic amines is 1. The first kappa shape index (κ1) is 20.7. The molecular weight excluding hydrogens is 398 g/mol. The summed E-state index contributed by atoms with van der Waals surface area (Å²) in [7, 11) is 0. The molecule has 10 nitrogen and oxygen atoms in total. The number of ether oxygens (including phenoxy) is 1. The van der Waals surface area contributed by atoms with Crippen LogP contribution in [-0.4, -0.2) is 56.9 Å². The van der Waals surface area contributed by atoms with E-state index in [4.69, 9.17) is 4.74 Å². The molecular formula is C21H25N7O3. The van der Waals surface area contributed by atoms with E-state index in [9.17, 15) is 9.59 Å². The topological polar surface area (TPSA) is 118 Å². The van der Waals surface area contributed by atoms with Gasteiger partial charge in [-0.15, -0.1) is 0 Å². The summed E-state index contributed by atoms with van der Waals surface area (Å²) in [6.45, 7) is 4.86. The number of amides is 1. The molecule has 1 saturated heterocycles. The summed E-state index contributed by atoms with van der Waals surface area (Å²) in [6.07, 6.45) is 3.67. The molecule has 1 fully saturated rings. The van der Waals surface area contributed by atoms with E-state index in [0.29, 0.717) is 56.5 Å². The van der Waals surface area contributed by atoms with Crippen LogP contribution in [0.15, 0.2) is 41.7 Å². The summed E-state index contributed by atoms with van der Waals surface area (Å²) in [5.74, 6) is 0.449. The van der Waals surface area contributed by atoms with Gasteiger partial charge in [0.2, 0.25) is 11.9 Å². The molecule has 0 unspecified atom stereocenters. The van der Waals surface area contributed by atoms with E-state index >= 15 is 0 Å². The minimum atomic E-state index is -0.189. The quantitative estimate of drug-likeness (QED) is 0.576. The molecule has 1 aliphatic rings. The standard InChI is InChI=1S/C21H25N7O3/c1-15-18(20(30)26-21(25-15)27-8-10-31-11-9-27)6-7-19(29)23-12-16-2-4-17(5-3-16)28-14-22-13-24-28/h2-5,13-14H,6-12H2,1H3,(H,23,29)(H,25,26,30). The first-order chi connectivity index (χ1) is 15.1. The Labute approximate surface area is 179 Å². The van der Waals surface area contributed by atoms with Crippen LogP contribution in [0, 0.1) is 6.92 Å². The van der Waals surface area contributed by atoms with Crippen molar-refractivity contribution in [2.45, 2.75) is 26.3 Å². The maximum Gasteiger partial charge on any atom is 0.255 e. The highest BCUT2D eigenvalue weighted by molar-refractivity contribution is 5.76. The Morgan fingerprint density at radius 3 is 2.68 bits per heavy atom. The second kappa shape index (κ2) is 9.52. The van der Waals surface area contributed by atoms with E-state index in [-0.39, 0.29) is 17.9 Å². The highest BCUT2D eigenvalue weighted by Crippen LogP contribution is 2.12. The molecule has 1 amide bonds. The fourth-order valence-electron chi connectivity index (χ4n) is 3.45. The number of morpholine rings is 1. The monoisotopic (exact) mass is 423 g/mol. The minimum absolute atomic E-state index is 0.114. The van der Waals surface area contributed by atoms with Crippen LogP contribution in [0.3, 0.4) is 0 Å². The van der Waals surface area contributed by atoms with Gasteiger partial charge < -0.3 is 15.0 Å². The van der Waals surface area contributed by atoms with Gasteiger partial charge in [0.15, 0.2) is 0 Å². The lowest BCUT2D eigenvalue weighted by Crippen LogP contribution is -2.38. The van der Waals surface area contributed by atoms with Crippen molar-refractivity contribution in [2.75, 3.05) is 31.2 Å². The Morgan fingerprint density at radius 1 is 1.23 bits per heavy atom. The van der Waals surface area contributed by atoms with Gasteiger partial charge in [-0.2, -0.15) is 5.10 Å². The summed E-state index contributed by atoms with van der Waals surface area (Å²) in [6, 6.07) is 7.70. The zero-order chi connectivity index (χ0) is 21.6. The van der Waals surface area contributed by atoms with Gasteiger partial charge in [0.05, 0.1) is 18.9 Å². The van der Waals surface area contributed by atoms with E-state index in [1.807, 2.05) is 36.1 Å². The molecule has 1 aliphatic heterocycles. The number of nitrogens with zero attached hydrogens (tertiary/aromatic N) is 5. The van der Waals surface area contributed by atoms with Gasteiger partial charge in [0.1, 0.15) is 12.7 Å². The predicted molar refractivity (Wildman–Crippen MR) is 114 cm³/mol. The minimum Gasteiger partial charge on any atom is -0.378 e. The molecule has 3 aromatic rings. The third-order valence-electron chi connectivity index (χ3n) is 5.23. The Bertz CT molecular complexity index is 1070. The van der Waals surface area contributed by atoms with Crippen molar-refractivity contribution in [1.29, 1.82) is 0 Å². The van der Waals surface area contributed by atoms with E-state index in [0.717, 1.165) is 11.3 Å². The second-order valence-corrected chi connectivity index (χ2v) is 7.34. The molecule has 10 heteroatoms. The van der Waals surface area contributed by atoms with Gasteiger partial charge in [0.25, 0.3) is 5.56 Å². The van der Waals surface area contributed by atoms with Crippen LogP contribution in [0.25, 0.3) is 5.69 Å². The SMILES string of the molecule is Cc1nc(N2CCOCC2)[nH]c(=O)c1CCC(=O)NCc1ccc(-n2cncn2)cc1. The van der Waals surface area contributed by atoms with Crippen molar-refractivity contribution >= 4 is 11.9 Å². The van der Waals surface area contributed by atoms with E-state index in [1.54, 1.807) is 11.0 Å². The molecule has 31 heavy (non-hydrogen) atoms. The third-order valence-corrected chi connectivity index (χ3v) is 5.23. The summed E-state index contributed by atoms with van der Waals surface area (Å²) < 4.78 is 7.00. The van der Waals surface area contributed by atoms with Crippen LogP contribution < -0.4 is 15.8 Å². The number of aromatic nitrogens is 5. The number of rotatable bonds is 7. The van der Waals surface area contributed by atoms with E-state index in [1.165, 1.54) is 6.33 Å². The highest BCUT2D eigenvalue weighted by Gasteiger charge is 2.16. The molecule has 1 aromatic carbocycles. The van der Waals surface area contributed by atoms with Crippen molar-refractivity contribution in [2.24, 2.45) is 0 Å². The molecule has 162 valence electrons. The third kappa shape index (κ3) is 5.15. The zero-order valence-corrected chi connectivity index (χ0v) is 17.4. The summed E-state index contributed by atoms with van der Waals surface area (Å²) in [5.41, 5.74) is 2.88. The summed E-state index contributed by atoms with van der Waals surface area (Å²) in [5, 5.41) is 6.98. The largest absolute Gasteiger partial charge is 0.378 e. The number of H-pyrrole nitrogens is 1. The lowest BCUT2D eigenvalue weighted by molar-refractivity contribution is -0.121. The Morgan fingerprint density at radius 2 is 2.00 bits per heavy atom. The van der Waals surface area contributed by atoms with Gasteiger partial charge in [-0.25, -0.2) is 14.6 Å². The average molecular weight is 423 g/mol. The second-order valence-electron chi connectivity index (χ2n) is 7.34. The molecule has 0 saturated carbocycles. The number of carbonyl (C=O) groups excluding carboxylic acids is 1. The number of benzene rings is 1. The van der Waals surface area contributed by atoms with Gasteiger partial charge >= 0.3 is 0 Å². The number of hydrogen-bond donors (Lipinski definition) is 2. The smallest absolute Gasteiger partial charge is 0.255 e. The van der Waals surface area contributed by atoms with Gasteiger partial charge in [-0.1, -0.05) is 12.1 Å². The van der Waals surface area contributed by atoms with Crippen molar-refractivity contribution in [3.8, 4) is 5.69 Å². The van der Waals surface area contributed by atoms with Crippen LogP contribution in [-0.2, 0) is 22.5 Å². The molecule has 0 bridgehead atoms. The molecule has 0 radical (unpaired) electrons. The Balaban J connectivity index is 1.30. The van der Waals surface area contributed by atoms with Crippen LogP contribution in [0.1, 0.15) is 23.2 Å². The predicted octanol–water partition coefficient (Wildman–Crippen LogP) is 0.745. The molecule has 0 aliphatic carbocycles. The fourth-order valence-corrected chi connectivity index (χ4v) is 3.45. The molecule has 4 rings (SSSR count). The molecule has 2 aromatic heterocycles.